The van der Waals surface area contributed by atoms with Crippen LogP contribution in [0.5, 0.6) is 0 Å². The second-order valence-electron chi connectivity index (χ2n) is 10.2. The van der Waals surface area contributed by atoms with Crippen LogP contribution < -0.4 is 10.6 Å². The van der Waals surface area contributed by atoms with Crippen molar-refractivity contribution >= 4 is 28.8 Å². The first-order valence-corrected chi connectivity index (χ1v) is 12.3. The van der Waals surface area contributed by atoms with E-state index in [9.17, 15) is 22.8 Å². The Morgan fingerprint density at radius 3 is 2.55 bits per heavy atom. The minimum Gasteiger partial charge on any atom is -0.382 e. The zero-order valence-electron chi connectivity index (χ0n) is 22.1. The van der Waals surface area contributed by atoms with E-state index in [-0.39, 0.29) is 35.2 Å². The van der Waals surface area contributed by atoms with Gasteiger partial charge in [-0.3, -0.25) is 14.3 Å². The van der Waals surface area contributed by atoms with E-state index in [4.69, 9.17) is 5.73 Å². The number of rotatable bonds is 4. The van der Waals surface area contributed by atoms with E-state index in [1.165, 1.54) is 58.0 Å². The third-order valence-electron chi connectivity index (χ3n) is 7.09. The number of aromatic nitrogens is 5. The van der Waals surface area contributed by atoms with Crippen molar-refractivity contribution in [2.45, 2.75) is 52.0 Å². The average molecular weight is 559 g/mol. The van der Waals surface area contributed by atoms with Gasteiger partial charge < -0.3 is 15.5 Å². The van der Waals surface area contributed by atoms with E-state index in [0.29, 0.717) is 16.8 Å². The normalized spacial score (nSPS) is 17.6. The van der Waals surface area contributed by atoms with Crippen LogP contribution in [0.25, 0.3) is 28.0 Å². The van der Waals surface area contributed by atoms with E-state index in [1.54, 1.807) is 26.8 Å². The first-order chi connectivity index (χ1) is 18.7. The van der Waals surface area contributed by atoms with Gasteiger partial charge in [0.05, 0.1) is 23.1 Å². The van der Waals surface area contributed by atoms with Gasteiger partial charge in [0.2, 0.25) is 5.91 Å². The molecule has 1 aromatic carbocycles. The average Bonchev–Trinajstić information content (AvgIpc) is 3.46. The van der Waals surface area contributed by atoms with Crippen LogP contribution >= 0.6 is 0 Å². The number of hydrogen-bond acceptors (Lipinski definition) is 6. The topological polar surface area (TPSA) is 115 Å². The number of nitrogens with zero attached hydrogens (tertiary/aromatic N) is 7. The number of carbonyl (C=O) groups is 2. The van der Waals surface area contributed by atoms with Gasteiger partial charge in [-0.1, -0.05) is 0 Å². The van der Waals surface area contributed by atoms with Crippen molar-refractivity contribution in [2.75, 3.05) is 17.2 Å². The van der Waals surface area contributed by atoms with Crippen LogP contribution in [-0.2, 0) is 16.1 Å². The van der Waals surface area contributed by atoms with Crippen molar-refractivity contribution in [2.24, 2.45) is 0 Å². The van der Waals surface area contributed by atoms with Crippen LogP contribution in [0.1, 0.15) is 27.7 Å². The molecule has 210 valence electrons. The summed E-state index contributed by atoms with van der Waals surface area (Å²) in [6.07, 6.45) is -2.08. The summed E-state index contributed by atoms with van der Waals surface area (Å²) in [6.45, 7) is 5.18. The Morgan fingerprint density at radius 2 is 1.88 bits per heavy atom. The molecule has 0 bridgehead atoms. The van der Waals surface area contributed by atoms with Gasteiger partial charge >= 0.3 is 6.18 Å². The Kier molecular flexibility index (Phi) is 6.31. The maximum Gasteiger partial charge on any atom is 0.408 e. The third kappa shape index (κ3) is 4.42. The second kappa shape index (κ2) is 9.31. The van der Waals surface area contributed by atoms with E-state index in [2.05, 4.69) is 15.2 Å². The summed E-state index contributed by atoms with van der Waals surface area (Å²) in [7, 11) is 0. The lowest BCUT2D eigenvalue weighted by atomic mass is 9.93. The quantitative estimate of drug-likeness (QED) is 0.380. The second-order valence-corrected chi connectivity index (χ2v) is 10.2. The highest BCUT2D eigenvalue weighted by Crippen LogP contribution is 2.38. The fraction of sp³-hybridized carbons (Fsp3) is 0.346. The first-order valence-electron chi connectivity index (χ1n) is 12.3. The molecule has 2 amide bonds. The summed E-state index contributed by atoms with van der Waals surface area (Å²) in [6, 6.07) is 6.60. The first kappa shape index (κ1) is 27.1. The molecule has 5 rings (SSSR count). The van der Waals surface area contributed by atoms with Crippen molar-refractivity contribution in [3.63, 3.8) is 0 Å². The Balaban J connectivity index is 1.66. The number of carbonyl (C=O) groups excluding carboxylic acids is 2. The maximum absolute atomic E-state index is 15.3. The highest BCUT2D eigenvalue weighted by molar-refractivity contribution is 6.04. The molecule has 0 radical (unpaired) electrons. The molecule has 1 aliphatic rings. The molecule has 4 aromatic rings. The van der Waals surface area contributed by atoms with Gasteiger partial charge in [-0.15, -0.1) is 0 Å². The zero-order valence-corrected chi connectivity index (χ0v) is 22.1. The molecule has 1 aliphatic heterocycles. The smallest absolute Gasteiger partial charge is 0.382 e. The van der Waals surface area contributed by atoms with E-state index in [0.717, 1.165) is 4.68 Å². The molecule has 1 atom stereocenters. The van der Waals surface area contributed by atoms with E-state index < -0.39 is 36.0 Å². The van der Waals surface area contributed by atoms with Gasteiger partial charge in [-0.25, -0.2) is 13.9 Å². The van der Waals surface area contributed by atoms with Gasteiger partial charge in [0.15, 0.2) is 5.82 Å². The molecule has 10 nitrogen and oxygen atoms in total. The van der Waals surface area contributed by atoms with Gasteiger partial charge in [-0.2, -0.15) is 23.4 Å². The SMILES string of the molecule is CC(=O)N1C[C@H](C)N(c2cc(-c3cc(-c4ccnn4CC(F)(F)F)c4c(N)ncnn34)ccc2F)C(=O)C1(C)C. The molecule has 1 fully saturated rings. The Bertz CT molecular complexity index is 1640. The highest BCUT2D eigenvalue weighted by atomic mass is 19.4. The molecule has 2 N–H and O–H groups in total. The van der Waals surface area contributed by atoms with Crippen LogP contribution in [0.4, 0.5) is 29.1 Å². The Hall–Kier alpha value is -4.49. The fourth-order valence-electron chi connectivity index (χ4n) is 5.24. The van der Waals surface area contributed by atoms with E-state index in [1.807, 2.05) is 0 Å². The number of amides is 2. The van der Waals surface area contributed by atoms with Gasteiger partial charge in [0.1, 0.15) is 29.7 Å². The monoisotopic (exact) mass is 558 g/mol. The number of nitrogens with two attached hydrogens (primary N) is 1. The summed E-state index contributed by atoms with van der Waals surface area (Å²) in [5.41, 5.74) is 6.38. The molecule has 14 heteroatoms. The van der Waals surface area contributed by atoms with Crippen LogP contribution in [0.2, 0.25) is 0 Å². The van der Waals surface area contributed by atoms with E-state index >= 15 is 4.39 Å². The number of hydrogen-bond donors (Lipinski definition) is 1. The van der Waals surface area contributed by atoms with Crippen LogP contribution in [0, 0.1) is 5.82 Å². The number of halogens is 4. The molecule has 0 spiro atoms. The molecule has 4 heterocycles. The van der Waals surface area contributed by atoms with Crippen LogP contribution in [0.15, 0.2) is 42.9 Å². The molecular formula is C26H26F4N8O2. The van der Waals surface area contributed by atoms with Crippen LogP contribution in [0.3, 0.4) is 0 Å². The number of fused-ring (bicyclic) bond motifs is 1. The summed E-state index contributed by atoms with van der Waals surface area (Å²) in [4.78, 5) is 32.5. The summed E-state index contributed by atoms with van der Waals surface area (Å²) in [5.74, 6) is -1.37. The number of nitrogen functional groups attached to an aromatic ring is 1. The largest absolute Gasteiger partial charge is 0.408 e. The fourth-order valence-corrected chi connectivity index (χ4v) is 5.24. The molecular weight excluding hydrogens is 532 g/mol. The molecule has 3 aromatic heterocycles. The van der Waals surface area contributed by atoms with Crippen molar-refractivity contribution in [3.8, 4) is 22.5 Å². The lowest BCUT2D eigenvalue weighted by Crippen LogP contribution is -2.67. The maximum atomic E-state index is 15.3. The summed E-state index contributed by atoms with van der Waals surface area (Å²) >= 11 is 0. The van der Waals surface area contributed by atoms with Gasteiger partial charge in [0, 0.05) is 30.8 Å². The molecule has 0 aliphatic carbocycles. The predicted molar refractivity (Wildman–Crippen MR) is 138 cm³/mol. The van der Waals surface area contributed by atoms with Gasteiger partial charge in [0.25, 0.3) is 5.91 Å². The van der Waals surface area contributed by atoms with Crippen molar-refractivity contribution in [3.05, 3.63) is 48.7 Å². The predicted octanol–water partition coefficient (Wildman–Crippen LogP) is 3.91. The number of alkyl halides is 3. The molecule has 1 saturated heterocycles. The number of piperazine rings is 1. The lowest BCUT2D eigenvalue weighted by molar-refractivity contribution is -0.146. The van der Waals surface area contributed by atoms with Crippen molar-refractivity contribution in [1.29, 1.82) is 0 Å². The standard InChI is InChI=1S/C26H26F4N8O2/c1-14-11-35(15(2)39)25(3,4)24(40)37(14)21-9-16(5-6-18(21)27)20-10-17(22-23(31)32-13-34-38(20)22)19-7-8-33-36(19)12-26(28,29)30/h5-10,13-14H,11-12H2,1-4H3,(H2,31,32,34)/t14-/m0/s1. The van der Waals surface area contributed by atoms with Gasteiger partial charge in [-0.05, 0) is 51.1 Å². The number of benzene rings is 1. The third-order valence-corrected chi connectivity index (χ3v) is 7.09. The minimum absolute atomic E-state index is 0.00748. The summed E-state index contributed by atoms with van der Waals surface area (Å²) < 4.78 is 57.2. The Labute approximate surface area is 226 Å². The summed E-state index contributed by atoms with van der Waals surface area (Å²) in [5, 5.41) is 8.07. The van der Waals surface area contributed by atoms with Crippen LogP contribution in [-0.4, -0.2) is 65.4 Å². The minimum atomic E-state index is -4.52. The zero-order chi connectivity index (χ0) is 29.1. The molecule has 0 unspecified atom stereocenters. The molecule has 0 saturated carbocycles. The molecule has 40 heavy (non-hydrogen) atoms. The number of anilines is 2. The van der Waals surface area contributed by atoms with Crippen molar-refractivity contribution < 1.29 is 27.2 Å². The van der Waals surface area contributed by atoms with Crippen molar-refractivity contribution in [1.82, 2.24) is 29.3 Å². The highest BCUT2D eigenvalue weighted by Gasteiger charge is 2.47. The lowest BCUT2D eigenvalue weighted by Gasteiger charge is -2.48. The Morgan fingerprint density at radius 1 is 1.15 bits per heavy atom.